The zero-order chi connectivity index (χ0) is 17.8. The lowest BCUT2D eigenvalue weighted by Crippen LogP contribution is -2.40. The molecule has 0 aliphatic heterocycles. The van der Waals surface area contributed by atoms with Crippen LogP contribution in [0.3, 0.4) is 0 Å². The Labute approximate surface area is 145 Å². The third-order valence-corrected chi connectivity index (χ3v) is 3.04. The Kier molecular flexibility index (Phi) is 6.22. The zero-order valence-corrected chi connectivity index (χ0v) is 16.0. The van der Waals surface area contributed by atoms with Crippen molar-refractivity contribution in [3.8, 4) is 0 Å². The van der Waals surface area contributed by atoms with Crippen LogP contribution >= 0.6 is 15.9 Å². The second kappa shape index (κ2) is 7.34. The van der Waals surface area contributed by atoms with Crippen LogP contribution in [0.2, 0.25) is 0 Å². The summed E-state index contributed by atoms with van der Waals surface area (Å²) >= 11 is 3.34. The fraction of sp³-hybridized carbons (Fsp3) is 0.529. The Morgan fingerprint density at radius 3 is 1.87 bits per heavy atom. The van der Waals surface area contributed by atoms with Crippen molar-refractivity contribution in [3.05, 3.63) is 34.3 Å². The number of esters is 1. The van der Waals surface area contributed by atoms with Crippen LogP contribution < -0.4 is 5.32 Å². The van der Waals surface area contributed by atoms with Gasteiger partial charge in [0.15, 0.2) is 6.04 Å². The van der Waals surface area contributed by atoms with Crippen molar-refractivity contribution in [2.24, 2.45) is 0 Å². The normalized spacial score (nSPS) is 13.2. The molecule has 1 rings (SSSR count). The highest BCUT2D eigenvalue weighted by molar-refractivity contribution is 9.10. The molecular weight excluding hydrogens is 362 g/mol. The van der Waals surface area contributed by atoms with E-state index in [0.29, 0.717) is 5.56 Å². The van der Waals surface area contributed by atoms with E-state index in [1.807, 2.05) is 0 Å². The first-order valence-corrected chi connectivity index (χ1v) is 8.14. The van der Waals surface area contributed by atoms with Gasteiger partial charge in [-0.15, -0.1) is 0 Å². The molecule has 1 N–H and O–H groups in total. The van der Waals surface area contributed by atoms with E-state index in [9.17, 15) is 9.59 Å². The van der Waals surface area contributed by atoms with Gasteiger partial charge in [0.2, 0.25) is 0 Å². The Balaban J connectivity index is 2.99. The lowest BCUT2D eigenvalue weighted by molar-refractivity contribution is -0.157. The number of hydrogen-bond acceptors (Lipinski definition) is 4. The fourth-order valence-corrected chi connectivity index (χ4v) is 1.98. The van der Waals surface area contributed by atoms with E-state index >= 15 is 0 Å². The zero-order valence-electron chi connectivity index (χ0n) is 14.4. The quantitative estimate of drug-likeness (QED) is 0.785. The van der Waals surface area contributed by atoms with Crippen molar-refractivity contribution in [2.45, 2.75) is 58.8 Å². The number of amides is 1. The van der Waals surface area contributed by atoms with Crippen LogP contribution in [-0.2, 0) is 14.3 Å². The number of carbonyl (C=O) groups is 2. The number of nitrogens with one attached hydrogen (secondary N) is 1. The Morgan fingerprint density at radius 2 is 1.43 bits per heavy atom. The predicted octanol–water partition coefficient (Wildman–Crippen LogP) is 4.36. The van der Waals surface area contributed by atoms with Gasteiger partial charge in [0.1, 0.15) is 11.2 Å². The molecule has 5 nitrogen and oxygen atoms in total. The maximum absolute atomic E-state index is 12.4. The smallest absolute Gasteiger partial charge is 0.408 e. The number of hydrogen-bond donors (Lipinski definition) is 1. The van der Waals surface area contributed by atoms with Gasteiger partial charge in [-0.3, -0.25) is 0 Å². The van der Waals surface area contributed by atoms with Crippen LogP contribution in [0.15, 0.2) is 28.7 Å². The van der Waals surface area contributed by atoms with Crippen LogP contribution in [0, 0.1) is 0 Å². The van der Waals surface area contributed by atoms with E-state index in [1.165, 1.54) is 0 Å². The molecule has 0 spiro atoms. The summed E-state index contributed by atoms with van der Waals surface area (Å²) < 4.78 is 11.5. The molecule has 1 amide bonds. The fourth-order valence-electron chi connectivity index (χ4n) is 1.72. The number of alkyl carbamates (subject to hydrolysis) is 1. The Morgan fingerprint density at radius 1 is 0.957 bits per heavy atom. The molecule has 0 fully saturated rings. The summed E-state index contributed by atoms with van der Waals surface area (Å²) in [7, 11) is 0. The summed E-state index contributed by atoms with van der Waals surface area (Å²) in [5.74, 6) is -0.536. The minimum Gasteiger partial charge on any atom is -0.458 e. The van der Waals surface area contributed by atoms with Crippen molar-refractivity contribution >= 4 is 28.0 Å². The lowest BCUT2D eigenvalue weighted by atomic mass is 10.1. The average molecular weight is 386 g/mol. The first-order valence-electron chi connectivity index (χ1n) is 7.35. The highest BCUT2D eigenvalue weighted by atomic mass is 79.9. The molecule has 1 atom stereocenters. The van der Waals surface area contributed by atoms with E-state index in [0.717, 1.165) is 4.47 Å². The van der Waals surface area contributed by atoms with Gasteiger partial charge < -0.3 is 14.8 Å². The standard InChI is InChI=1S/C17H24BrNO4/c1-16(2,3)22-14(20)13(11-7-9-12(18)10-8-11)19-15(21)23-17(4,5)6/h7-10,13H,1-6H3,(H,19,21)/t13-/m1/s1. The molecular formula is C17H24BrNO4. The number of rotatable bonds is 3. The summed E-state index contributed by atoms with van der Waals surface area (Å²) in [4.78, 5) is 24.5. The molecule has 0 unspecified atom stereocenters. The molecule has 0 aromatic heterocycles. The number of ether oxygens (including phenoxy) is 2. The van der Waals surface area contributed by atoms with Crippen molar-refractivity contribution in [2.75, 3.05) is 0 Å². The van der Waals surface area contributed by atoms with E-state index in [2.05, 4.69) is 21.2 Å². The largest absolute Gasteiger partial charge is 0.458 e. The monoisotopic (exact) mass is 385 g/mol. The van der Waals surface area contributed by atoms with Gasteiger partial charge in [-0.05, 0) is 59.2 Å². The topological polar surface area (TPSA) is 64.6 Å². The van der Waals surface area contributed by atoms with Gasteiger partial charge >= 0.3 is 12.1 Å². The third kappa shape index (κ3) is 7.50. The SMILES string of the molecule is CC(C)(C)OC(=O)N[C@@H](C(=O)OC(C)(C)C)c1ccc(Br)cc1. The molecule has 0 saturated carbocycles. The van der Waals surface area contributed by atoms with Crippen LogP contribution in [0.1, 0.15) is 53.1 Å². The van der Waals surface area contributed by atoms with Gasteiger partial charge in [-0.1, -0.05) is 28.1 Å². The Hall–Kier alpha value is -1.56. The first kappa shape index (κ1) is 19.5. The molecule has 0 radical (unpaired) electrons. The van der Waals surface area contributed by atoms with Crippen LogP contribution in [0.5, 0.6) is 0 Å². The van der Waals surface area contributed by atoms with Crippen molar-refractivity contribution in [1.82, 2.24) is 5.32 Å². The maximum Gasteiger partial charge on any atom is 0.408 e. The van der Waals surface area contributed by atoms with Crippen LogP contribution in [-0.4, -0.2) is 23.3 Å². The number of benzene rings is 1. The average Bonchev–Trinajstić information content (AvgIpc) is 2.33. The molecule has 128 valence electrons. The second-order valence-corrected chi connectivity index (χ2v) is 8.08. The van der Waals surface area contributed by atoms with E-state index in [4.69, 9.17) is 9.47 Å². The molecule has 0 saturated heterocycles. The first-order chi connectivity index (χ1) is 10.4. The van der Waals surface area contributed by atoms with Crippen molar-refractivity contribution < 1.29 is 19.1 Å². The highest BCUT2D eigenvalue weighted by Gasteiger charge is 2.29. The number of carbonyl (C=O) groups excluding carboxylic acids is 2. The van der Waals surface area contributed by atoms with E-state index < -0.39 is 29.3 Å². The highest BCUT2D eigenvalue weighted by Crippen LogP contribution is 2.21. The molecule has 0 aliphatic carbocycles. The van der Waals surface area contributed by atoms with Crippen LogP contribution in [0.25, 0.3) is 0 Å². The van der Waals surface area contributed by atoms with Gasteiger partial charge in [0.25, 0.3) is 0 Å². The van der Waals surface area contributed by atoms with Gasteiger partial charge in [-0.25, -0.2) is 9.59 Å². The van der Waals surface area contributed by atoms with Crippen LogP contribution in [0.4, 0.5) is 4.79 Å². The minimum absolute atomic E-state index is 0.536. The maximum atomic E-state index is 12.4. The minimum atomic E-state index is -0.933. The summed E-state index contributed by atoms with van der Waals surface area (Å²) in [5.41, 5.74) is -0.684. The van der Waals surface area contributed by atoms with Crippen molar-refractivity contribution in [3.63, 3.8) is 0 Å². The Bertz CT molecular complexity index is 555. The lowest BCUT2D eigenvalue weighted by Gasteiger charge is -2.26. The summed E-state index contributed by atoms with van der Waals surface area (Å²) in [6.07, 6.45) is -0.670. The summed E-state index contributed by atoms with van der Waals surface area (Å²) in [5, 5.41) is 2.58. The van der Waals surface area contributed by atoms with Crippen molar-refractivity contribution in [1.29, 1.82) is 0 Å². The molecule has 6 heteroatoms. The molecule has 0 bridgehead atoms. The summed E-state index contributed by atoms with van der Waals surface area (Å²) in [6, 6.07) is 6.15. The summed E-state index contributed by atoms with van der Waals surface area (Å²) in [6.45, 7) is 10.6. The van der Waals surface area contributed by atoms with Gasteiger partial charge in [-0.2, -0.15) is 0 Å². The molecule has 1 aromatic carbocycles. The molecule has 0 heterocycles. The molecule has 0 aliphatic rings. The second-order valence-electron chi connectivity index (χ2n) is 7.16. The van der Waals surface area contributed by atoms with E-state index in [1.54, 1.807) is 65.8 Å². The predicted molar refractivity (Wildman–Crippen MR) is 92.1 cm³/mol. The third-order valence-electron chi connectivity index (χ3n) is 2.51. The molecule has 23 heavy (non-hydrogen) atoms. The van der Waals surface area contributed by atoms with Gasteiger partial charge in [0, 0.05) is 4.47 Å². The number of halogens is 1. The molecule has 1 aromatic rings. The van der Waals surface area contributed by atoms with Gasteiger partial charge in [0.05, 0.1) is 0 Å². The van der Waals surface area contributed by atoms with E-state index in [-0.39, 0.29) is 0 Å².